The Morgan fingerprint density at radius 1 is 1.21 bits per heavy atom. The highest BCUT2D eigenvalue weighted by molar-refractivity contribution is 6.29. The minimum absolute atomic E-state index is 0.156. The van der Waals surface area contributed by atoms with Gasteiger partial charge in [0.2, 0.25) is 0 Å². The van der Waals surface area contributed by atoms with Crippen LogP contribution in [0.5, 0.6) is 0 Å². The van der Waals surface area contributed by atoms with E-state index in [1.807, 2.05) is 0 Å². The fourth-order valence-electron chi connectivity index (χ4n) is 3.66. The molecule has 148 valence electrons. The minimum Gasteiger partial charge on any atom is -0.360 e. The Labute approximate surface area is 167 Å². The number of rotatable bonds is 5. The van der Waals surface area contributed by atoms with Crippen LogP contribution in [0.2, 0.25) is 5.15 Å². The van der Waals surface area contributed by atoms with E-state index in [0.717, 1.165) is 19.6 Å². The van der Waals surface area contributed by atoms with Gasteiger partial charge in [0.25, 0.3) is 11.8 Å². The van der Waals surface area contributed by atoms with Crippen LogP contribution < -0.4 is 5.32 Å². The van der Waals surface area contributed by atoms with E-state index in [-0.39, 0.29) is 24.1 Å². The van der Waals surface area contributed by atoms with E-state index in [0.29, 0.717) is 41.6 Å². The van der Waals surface area contributed by atoms with Crippen molar-refractivity contribution in [2.75, 3.05) is 32.7 Å². The SMILES string of the molecule is O=C(NCCN1CCCC1)c1noc2c1CN(C(=O)c1ccc(Cl)nc1)CC2. The van der Waals surface area contributed by atoms with E-state index in [1.165, 1.54) is 19.0 Å². The van der Waals surface area contributed by atoms with Crippen molar-refractivity contribution in [3.63, 3.8) is 0 Å². The summed E-state index contributed by atoms with van der Waals surface area (Å²) in [5.74, 6) is 0.256. The first-order chi connectivity index (χ1) is 13.6. The first kappa shape index (κ1) is 18.9. The molecule has 0 bridgehead atoms. The van der Waals surface area contributed by atoms with Crippen LogP contribution in [0.1, 0.15) is 45.0 Å². The third-order valence-corrected chi connectivity index (χ3v) is 5.44. The molecule has 0 aromatic carbocycles. The third-order valence-electron chi connectivity index (χ3n) is 5.22. The van der Waals surface area contributed by atoms with E-state index in [9.17, 15) is 9.59 Å². The highest BCUT2D eigenvalue weighted by Crippen LogP contribution is 2.24. The Morgan fingerprint density at radius 2 is 2.04 bits per heavy atom. The Morgan fingerprint density at radius 3 is 2.79 bits per heavy atom. The highest BCUT2D eigenvalue weighted by Gasteiger charge is 2.30. The molecule has 2 aromatic heterocycles. The molecule has 1 saturated heterocycles. The number of amides is 2. The fraction of sp³-hybridized carbons (Fsp3) is 0.474. The number of hydrogen-bond donors (Lipinski definition) is 1. The molecule has 2 aromatic rings. The van der Waals surface area contributed by atoms with Gasteiger partial charge in [0.15, 0.2) is 5.69 Å². The summed E-state index contributed by atoms with van der Waals surface area (Å²) < 4.78 is 5.35. The third kappa shape index (κ3) is 4.02. The first-order valence-electron chi connectivity index (χ1n) is 9.50. The number of pyridine rings is 1. The van der Waals surface area contributed by atoms with Crippen molar-refractivity contribution < 1.29 is 14.1 Å². The topological polar surface area (TPSA) is 91.6 Å². The van der Waals surface area contributed by atoms with Crippen LogP contribution in [0, 0.1) is 0 Å². The summed E-state index contributed by atoms with van der Waals surface area (Å²) in [6, 6.07) is 3.23. The van der Waals surface area contributed by atoms with Crippen LogP contribution >= 0.6 is 11.6 Å². The minimum atomic E-state index is -0.258. The second kappa shape index (κ2) is 8.28. The smallest absolute Gasteiger partial charge is 0.273 e. The second-order valence-corrected chi connectivity index (χ2v) is 7.47. The summed E-state index contributed by atoms with van der Waals surface area (Å²) >= 11 is 5.79. The van der Waals surface area contributed by atoms with Crippen molar-refractivity contribution in [2.24, 2.45) is 0 Å². The Hall–Kier alpha value is -2.45. The molecule has 0 aliphatic carbocycles. The van der Waals surface area contributed by atoms with Gasteiger partial charge in [-0.05, 0) is 38.1 Å². The maximum Gasteiger partial charge on any atom is 0.273 e. The van der Waals surface area contributed by atoms with Crippen LogP contribution in [0.25, 0.3) is 0 Å². The van der Waals surface area contributed by atoms with Gasteiger partial charge in [-0.2, -0.15) is 0 Å². The molecular weight excluding hydrogens is 382 g/mol. The molecule has 8 nitrogen and oxygen atoms in total. The van der Waals surface area contributed by atoms with Crippen LogP contribution in [0.15, 0.2) is 22.9 Å². The lowest BCUT2D eigenvalue weighted by Gasteiger charge is -2.26. The van der Waals surface area contributed by atoms with Gasteiger partial charge < -0.3 is 19.6 Å². The Bertz CT molecular complexity index is 861. The van der Waals surface area contributed by atoms with Crippen LogP contribution in [-0.2, 0) is 13.0 Å². The number of nitrogens with zero attached hydrogens (tertiary/aromatic N) is 4. The Balaban J connectivity index is 1.40. The van der Waals surface area contributed by atoms with Gasteiger partial charge in [0, 0.05) is 37.8 Å². The zero-order valence-corrected chi connectivity index (χ0v) is 16.2. The van der Waals surface area contributed by atoms with Crippen molar-refractivity contribution in [2.45, 2.75) is 25.8 Å². The molecule has 0 radical (unpaired) electrons. The standard InChI is InChI=1S/C19H22ClN5O3/c20-16-4-3-13(11-22-16)19(27)25-9-5-15-14(12-25)17(23-28-15)18(26)21-6-10-24-7-1-2-8-24/h3-4,11H,1-2,5-10,12H2,(H,21,26). The van der Waals surface area contributed by atoms with Crippen molar-refractivity contribution in [3.05, 3.63) is 46.1 Å². The fourth-order valence-corrected chi connectivity index (χ4v) is 3.78. The van der Waals surface area contributed by atoms with Crippen LogP contribution in [-0.4, -0.2) is 64.5 Å². The van der Waals surface area contributed by atoms with E-state index >= 15 is 0 Å². The molecule has 1 N–H and O–H groups in total. The zero-order chi connectivity index (χ0) is 19.5. The molecule has 9 heteroatoms. The van der Waals surface area contributed by atoms with Gasteiger partial charge in [-0.1, -0.05) is 16.8 Å². The van der Waals surface area contributed by atoms with Gasteiger partial charge in [-0.25, -0.2) is 4.98 Å². The van der Waals surface area contributed by atoms with E-state index in [2.05, 4.69) is 20.4 Å². The number of hydrogen-bond acceptors (Lipinski definition) is 6. The average Bonchev–Trinajstić information content (AvgIpc) is 3.37. The first-order valence-corrected chi connectivity index (χ1v) is 9.88. The highest BCUT2D eigenvalue weighted by atomic mass is 35.5. The molecule has 0 atom stereocenters. The van der Waals surface area contributed by atoms with Crippen LogP contribution in [0.3, 0.4) is 0 Å². The summed E-state index contributed by atoms with van der Waals surface area (Å²) in [5, 5.41) is 7.21. The summed E-state index contributed by atoms with van der Waals surface area (Å²) in [4.78, 5) is 33.2. The monoisotopic (exact) mass is 403 g/mol. The van der Waals surface area contributed by atoms with Gasteiger partial charge in [-0.3, -0.25) is 9.59 Å². The normalized spacial score (nSPS) is 16.8. The van der Waals surface area contributed by atoms with E-state index in [1.54, 1.807) is 17.0 Å². The molecule has 1 fully saturated rings. The number of nitrogens with one attached hydrogen (secondary N) is 1. The molecule has 0 saturated carbocycles. The molecule has 2 aliphatic rings. The zero-order valence-electron chi connectivity index (χ0n) is 15.5. The predicted octanol–water partition coefficient (Wildman–Crippen LogP) is 1.75. The van der Waals surface area contributed by atoms with Gasteiger partial charge >= 0.3 is 0 Å². The molecule has 4 heterocycles. The van der Waals surface area contributed by atoms with Crippen molar-refractivity contribution >= 4 is 23.4 Å². The maximum absolute atomic E-state index is 12.7. The molecule has 2 aliphatic heterocycles. The molecule has 2 amide bonds. The summed E-state index contributed by atoms with van der Waals surface area (Å²) in [5.41, 5.74) is 1.41. The molecule has 28 heavy (non-hydrogen) atoms. The van der Waals surface area contributed by atoms with Crippen molar-refractivity contribution in [1.29, 1.82) is 0 Å². The lowest BCUT2D eigenvalue weighted by molar-refractivity contribution is 0.0726. The summed E-state index contributed by atoms with van der Waals surface area (Å²) in [7, 11) is 0. The number of fused-ring (bicyclic) bond motifs is 1. The predicted molar refractivity (Wildman–Crippen MR) is 102 cm³/mol. The summed E-state index contributed by atoms with van der Waals surface area (Å²) in [6.45, 7) is 4.37. The average molecular weight is 404 g/mol. The second-order valence-electron chi connectivity index (χ2n) is 7.08. The number of likely N-dealkylation sites (tertiary alicyclic amines) is 1. The van der Waals surface area contributed by atoms with E-state index < -0.39 is 0 Å². The number of carbonyl (C=O) groups is 2. The molecule has 0 unspecified atom stereocenters. The van der Waals surface area contributed by atoms with Gasteiger partial charge in [-0.15, -0.1) is 0 Å². The number of halogens is 1. The maximum atomic E-state index is 12.7. The van der Waals surface area contributed by atoms with E-state index in [4.69, 9.17) is 16.1 Å². The summed E-state index contributed by atoms with van der Waals surface area (Å²) in [6.07, 6.45) is 4.42. The van der Waals surface area contributed by atoms with Crippen molar-refractivity contribution in [1.82, 2.24) is 25.3 Å². The largest absolute Gasteiger partial charge is 0.360 e. The number of carbonyl (C=O) groups excluding carboxylic acids is 2. The van der Waals surface area contributed by atoms with Crippen LogP contribution in [0.4, 0.5) is 0 Å². The van der Waals surface area contributed by atoms with Gasteiger partial charge in [0.1, 0.15) is 10.9 Å². The quantitative estimate of drug-likeness (QED) is 0.765. The Kier molecular flexibility index (Phi) is 5.59. The molecular formula is C19H22ClN5O3. The molecule has 4 rings (SSSR count). The number of aromatic nitrogens is 2. The lowest BCUT2D eigenvalue weighted by atomic mass is 10.0. The van der Waals surface area contributed by atoms with Crippen molar-refractivity contribution in [3.8, 4) is 0 Å². The van der Waals surface area contributed by atoms with Gasteiger partial charge in [0.05, 0.1) is 12.1 Å². The lowest BCUT2D eigenvalue weighted by Crippen LogP contribution is -2.37. The molecule has 0 spiro atoms.